The standard InChI is InChI=1S/C10H15NO2/c12-9(10-4-2-6-13-10)7-8-3-1-5-11-8/h4,8,11H,1-3,5-7H2. The van der Waals surface area contributed by atoms with Gasteiger partial charge in [-0.05, 0) is 25.5 Å². The van der Waals surface area contributed by atoms with Gasteiger partial charge in [0, 0.05) is 18.9 Å². The minimum atomic E-state index is 0.164. The molecule has 2 heterocycles. The molecule has 3 nitrogen and oxygen atoms in total. The zero-order chi connectivity index (χ0) is 9.10. The van der Waals surface area contributed by atoms with Gasteiger partial charge in [-0.1, -0.05) is 0 Å². The molecule has 0 radical (unpaired) electrons. The Morgan fingerprint density at radius 1 is 1.69 bits per heavy atom. The molecule has 0 aromatic carbocycles. The number of ether oxygens (including phenoxy) is 1. The van der Waals surface area contributed by atoms with Gasteiger partial charge < -0.3 is 10.1 Å². The molecule has 13 heavy (non-hydrogen) atoms. The van der Waals surface area contributed by atoms with E-state index >= 15 is 0 Å². The van der Waals surface area contributed by atoms with Crippen LogP contribution in [0, 0.1) is 0 Å². The lowest BCUT2D eigenvalue weighted by atomic mass is 10.1. The zero-order valence-electron chi connectivity index (χ0n) is 7.71. The van der Waals surface area contributed by atoms with Crippen molar-refractivity contribution in [2.45, 2.75) is 31.7 Å². The van der Waals surface area contributed by atoms with Crippen LogP contribution in [-0.4, -0.2) is 25.0 Å². The lowest BCUT2D eigenvalue weighted by Crippen LogP contribution is -2.25. The molecule has 0 aliphatic carbocycles. The van der Waals surface area contributed by atoms with Crippen molar-refractivity contribution in [3.63, 3.8) is 0 Å². The average Bonchev–Trinajstić information content (AvgIpc) is 2.74. The van der Waals surface area contributed by atoms with E-state index in [0.29, 0.717) is 24.8 Å². The lowest BCUT2D eigenvalue weighted by Gasteiger charge is -2.08. The maximum atomic E-state index is 11.6. The Bertz CT molecular complexity index is 229. The summed E-state index contributed by atoms with van der Waals surface area (Å²) < 4.78 is 5.21. The summed E-state index contributed by atoms with van der Waals surface area (Å²) in [6.45, 7) is 1.73. The highest BCUT2D eigenvalue weighted by molar-refractivity contribution is 5.94. The maximum absolute atomic E-state index is 11.6. The number of nitrogens with one attached hydrogen (secondary N) is 1. The van der Waals surface area contributed by atoms with Crippen LogP contribution in [0.4, 0.5) is 0 Å². The number of allylic oxidation sites excluding steroid dienone is 1. The molecule has 2 aliphatic heterocycles. The Hall–Kier alpha value is -0.830. The molecule has 0 spiro atoms. The van der Waals surface area contributed by atoms with E-state index in [-0.39, 0.29) is 5.78 Å². The van der Waals surface area contributed by atoms with Gasteiger partial charge in [0.05, 0.1) is 6.61 Å². The van der Waals surface area contributed by atoms with Crippen molar-refractivity contribution in [1.82, 2.24) is 5.32 Å². The van der Waals surface area contributed by atoms with Gasteiger partial charge in [-0.25, -0.2) is 0 Å². The molecule has 0 aromatic rings. The maximum Gasteiger partial charge on any atom is 0.198 e. The van der Waals surface area contributed by atoms with Crippen LogP contribution in [-0.2, 0) is 9.53 Å². The number of hydrogen-bond acceptors (Lipinski definition) is 3. The molecule has 1 unspecified atom stereocenters. The van der Waals surface area contributed by atoms with E-state index in [1.165, 1.54) is 6.42 Å². The van der Waals surface area contributed by atoms with Gasteiger partial charge in [0.1, 0.15) is 0 Å². The minimum Gasteiger partial charge on any atom is -0.490 e. The van der Waals surface area contributed by atoms with Crippen LogP contribution < -0.4 is 5.32 Å². The van der Waals surface area contributed by atoms with Gasteiger partial charge in [0.2, 0.25) is 0 Å². The van der Waals surface area contributed by atoms with E-state index in [1.54, 1.807) is 0 Å². The third-order valence-corrected chi connectivity index (χ3v) is 2.57. The summed E-state index contributed by atoms with van der Waals surface area (Å²) in [5.74, 6) is 0.755. The highest BCUT2D eigenvalue weighted by atomic mass is 16.5. The second kappa shape index (κ2) is 3.92. The molecule has 0 amide bonds. The SMILES string of the molecule is O=C(CC1CCCN1)C1=CCCO1. The fourth-order valence-corrected chi connectivity index (χ4v) is 1.87. The van der Waals surface area contributed by atoms with E-state index in [0.717, 1.165) is 19.4 Å². The third-order valence-electron chi connectivity index (χ3n) is 2.57. The fourth-order valence-electron chi connectivity index (χ4n) is 1.87. The first kappa shape index (κ1) is 8.75. The predicted molar refractivity (Wildman–Crippen MR) is 49.3 cm³/mol. The Labute approximate surface area is 78.1 Å². The van der Waals surface area contributed by atoms with Crippen LogP contribution in [0.1, 0.15) is 25.7 Å². The second-order valence-electron chi connectivity index (χ2n) is 3.63. The molecule has 0 aromatic heterocycles. The highest BCUT2D eigenvalue weighted by Crippen LogP contribution is 2.16. The summed E-state index contributed by atoms with van der Waals surface area (Å²) >= 11 is 0. The first-order valence-electron chi connectivity index (χ1n) is 4.96. The molecule has 0 bridgehead atoms. The number of ketones is 1. The topological polar surface area (TPSA) is 38.3 Å². The zero-order valence-corrected chi connectivity index (χ0v) is 7.71. The van der Waals surface area contributed by atoms with Crippen molar-refractivity contribution >= 4 is 5.78 Å². The summed E-state index contributed by atoms with van der Waals surface area (Å²) in [5, 5.41) is 3.31. The van der Waals surface area contributed by atoms with Gasteiger partial charge in [-0.2, -0.15) is 0 Å². The van der Waals surface area contributed by atoms with Crippen LogP contribution in [0.5, 0.6) is 0 Å². The van der Waals surface area contributed by atoms with E-state index in [1.807, 2.05) is 6.08 Å². The number of carbonyl (C=O) groups is 1. The van der Waals surface area contributed by atoms with E-state index in [9.17, 15) is 4.79 Å². The van der Waals surface area contributed by atoms with Crippen molar-refractivity contribution < 1.29 is 9.53 Å². The Kier molecular flexibility index (Phi) is 2.64. The summed E-state index contributed by atoms with van der Waals surface area (Å²) in [7, 11) is 0. The van der Waals surface area contributed by atoms with Crippen molar-refractivity contribution in [3.8, 4) is 0 Å². The highest BCUT2D eigenvalue weighted by Gasteiger charge is 2.21. The lowest BCUT2D eigenvalue weighted by molar-refractivity contribution is -0.118. The average molecular weight is 181 g/mol. The van der Waals surface area contributed by atoms with Crippen molar-refractivity contribution in [3.05, 3.63) is 11.8 Å². The Morgan fingerprint density at radius 3 is 3.23 bits per heavy atom. The molecule has 2 rings (SSSR count). The summed E-state index contributed by atoms with van der Waals surface area (Å²) in [5.41, 5.74) is 0. The van der Waals surface area contributed by atoms with Gasteiger partial charge in [0.25, 0.3) is 0 Å². The number of hydrogen-bond donors (Lipinski definition) is 1. The van der Waals surface area contributed by atoms with E-state index in [2.05, 4.69) is 5.32 Å². The van der Waals surface area contributed by atoms with Crippen LogP contribution in [0.25, 0.3) is 0 Å². The Morgan fingerprint density at radius 2 is 2.62 bits per heavy atom. The van der Waals surface area contributed by atoms with Crippen LogP contribution >= 0.6 is 0 Å². The van der Waals surface area contributed by atoms with Crippen LogP contribution in [0.15, 0.2) is 11.8 Å². The Balaban J connectivity index is 1.83. The van der Waals surface area contributed by atoms with Gasteiger partial charge in [0.15, 0.2) is 11.5 Å². The van der Waals surface area contributed by atoms with Gasteiger partial charge >= 0.3 is 0 Å². The van der Waals surface area contributed by atoms with Gasteiger partial charge in [-0.15, -0.1) is 0 Å². The molecule has 1 atom stereocenters. The molecule has 2 aliphatic rings. The van der Waals surface area contributed by atoms with Crippen molar-refractivity contribution in [1.29, 1.82) is 0 Å². The molecule has 1 N–H and O–H groups in total. The monoisotopic (exact) mass is 181 g/mol. The van der Waals surface area contributed by atoms with Gasteiger partial charge in [-0.3, -0.25) is 4.79 Å². The quantitative estimate of drug-likeness (QED) is 0.706. The fraction of sp³-hybridized carbons (Fsp3) is 0.700. The largest absolute Gasteiger partial charge is 0.490 e. The predicted octanol–water partition coefficient (Wildman–Crippen LogP) is 1.00. The molecule has 3 heteroatoms. The number of Topliss-reactive ketones (excluding diaryl/α,β-unsaturated/α-hetero) is 1. The molecule has 0 saturated carbocycles. The number of rotatable bonds is 3. The molecular formula is C10H15NO2. The smallest absolute Gasteiger partial charge is 0.198 e. The van der Waals surface area contributed by atoms with E-state index < -0.39 is 0 Å². The molecular weight excluding hydrogens is 166 g/mol. The number of carbonyl (C=O) groups excluding carboxylic acids is 1. The van der Waals surface area contributed by atoms with Crippen molar-refractivity contribution in [2.75, 3.05) is 13.2 Å². The van der Waals surface area contributed by atoms with Crippen molar-refractivity contribution in [2.24, 2.45) is 0 Å². The van der Waals surface area contributed by atoms with Crippen LogP contribution in [0.2, 0.25) is 0 Å². The second-order valence-corrected chi connectivity index (χ2v) is 3.63. The van der Waals surface area contributed by atoms with E-state index in [4.69, 9.17) is 4.74 Å². The minimum absolute atomic E-state index is 0.164. The molecule has 72 valence electrons. The third kappa shape index (κ3) is 2.10. The van der Waals surface area contributed by atoms with Crippen LogP contribution in [0.3, 0.4) is 0 Å². The summed E-state index contributed by atoms with van der Waals surface area (Å²) in [6, 6.07) is 0.387. The first-order valence-corrected chi connectivity index (χ1v) is 4.96. The summed E-state index contributed by atoms with van der Waals surface area (Å²) in [4.78, 5) is 11.6. The normalized spacial score (nSPS) is 27.1. The molecule has 1 fully saturated rings. The first-order chi connectivity index (χ1) is 6.36. The summed E-state index contributed by atoms with van der Waals surface area (Å²) in [6.07, 6.45) is 5.71. The molecule has 1 saturated heterocycles.